The summed E-state index contributed by atoms with van der Waals surface area (Å²) in [7, 11) is -3.28. The minimum atomic E-state index is -3.28. The molecular weight excluding hydrogens is 226 g/mol. The maximum absolute atomic E-state index is 12.2. The van der Waals surface area contributed by atoms with Crippen LogP contribution in [0.1, 0.15) is 18.5 Å². The second-order valence-corrected chi connectivity index (χ2v) is 6.23. The molecule has 0 amide bonds. The molecule has 2 N–H and O–H groups in total. The summed E-state index contributed by atoms with van der Waals surface area (Å²) in [5.41, 5.74) is 6.45. The Labute approximate surface area is 95.3 Å². The average Bonchev–Trinajstić information content (AvgIpc) is 2.14. The second-order valence-electron chi connectivity index (χ2n) is 4.03. The molecule has 4 nitrogen and oxygen atoms in total. The minimum absolute atomic E-state index is 0.285. The van der Waals surface area contributed by atoms with Gasteiger partial charge in [0.25, 0.3) is 0 Å². The van der Waals surface area contributed by atoms with Gasteiger partial charge in [-0.25, -0.2) is 8.42 Å². The molecule has 0 saturated carbocycles. The van der Waals surface area contributed by atoms with Crippen LogP contribution in [0.3, 0.4) is 0 Å². The Morgan fingerprint density at radius 3 is 2.50 bits per heavy atom. The summed E-state index contributed by atoms with van der Waals surface area (Å²) in [4.78, 5) is 0.346. The molecular formula is C11H15NO3S. The summed E-state index contributed by atoms with van der Waals surface area (Å²) in [6.45, 7) is 2.36. The molecule has 1 aromatic carbocycles. The number of sulfone groups is 1. The molecule has 16 heavy (non-hydrogen) atoms. The van der Waals surface area contributed by atoms with Crippen LogP contribution in [0.4, 0.5) is 0 Å². The third-order valence-corrected chi connectivity index (χ3v) is 4.90. The summed E-state index contributed by atoms with van der Waals surface area (Å²) in [5, 5.41) is -0.410. The first kappa shape index (κ1) is 11.6. The molecule has 2 rings (SSSR count). The molecule has 0 bridgehead atoms. The summed E-state index contributed by atoms with van der Waals surface area (Å²) in [6, 6.07) is 6.61. The van der Waals surface area contributed by atoms with Crippen molar-refractivity contribution in [3.63, 3.8) is 0 Å². The molecule has 88 valence electrons. The lowest BCUT2D eigenvalue weighted by Gasteiger charge is -2.27. The Kier molecular flexibility index (Phi) is 3.01. The second kappa shape index (κ2) is 4.16. The Bertz CT molecular complexity index is 478. The fourth-order valence-corrected chi connectivity index (χ4v) is 3.45. The largest absolute Gasteiger partial charge is 0.379 e. The van der Waals surface area contributed by atoms with Gasteiger partial charge in [0, 0.05) is 6.04 Å². The van der Waals surface area contributed by atoms with E-state index in [4.69, 9.17) is 10.5 Å². The predicted octanol–water partition coefficient (Wildman–Crippen LogP) is 0.879. The van der Waals surface area contributed by atoms with Gasteiger partial charge in [-0.1, -0.05) is 18.2 Å². The van der Waals surface area contributed by atoms with Crippen molar-refractivity contribution in [2.45, 2.75) is 23.1 Å². The topological polar surface area (TPSA) is 69.4 Å². The SMILES string of the molecule is CC(N)c1ccccc1S(=O)(=O)C1COC1. The summed E-state index contributed by atoms with van der Waals surface area (Å²) in [5.74, 6) is 0. The highest BCUT2D eigenvalue weighted by Crippen LogP contribution is 2.27. The highest BCUT2D eigenvalue weighted by molar-refractivity contribution is 7.92. The highest BCUT2D eigenvalue weighted by Gasteiger charge is 2.35. The van der Waals surface area contributed by atoms with Gasteiger partial charge < -0.3 is 10.5 Å². The van der Waals surface area contributed by atoms with Crippen molar-refractivity contribution in [1.82, 2.24) is 0 Å². The molecule has 0 radical (unpaired) electrons. The van der Waals surface area contributed by atoms with Crippen molar-refractivity contribution in [3.05, 3.63) is 29.8 Å². The van der Waals surface area contributed by atoms with Gasteiger partial charge in [0.1, 0.15) is 5.25 Å². The molecule has 0 aromatic heterocycles. The molecule has 1 aromatic rings. The molecule has 1 unspecified atom stereocenters. The first-order chi connectivity index (χ1) is 7.53. The minimum Gasteiger partial charge on any atom is -0.379 e. The molecule has 1 aliphatic rings. The van der Waals surface area contributed by atoms with Crippen molar-refractivity contribution in [3.8, 4) is 0 Å². The quantitative estimate of drug-likeness (QED) is 0.853. The summed E-state index contributed by atoms with van der Waals surface area (Å²) in [6.07, 6.45) is 0. The molecule has 1 aliphatic heterocycles. The van der Waals surface area contributed by atoms with E-state index in [1.54, 1.807) is 31.2 Å². The number of rotatable bonds is 3. The van der Waals surface area contributed by atoms with E-state index in [0.717, 1.165) is 0 Å². The van der Waals surface area contributed by atoms with E-state index in [1.807, 2.05) is 0 Å². The van der Waals surface area contributed by atoms with Crippen molar-refractivity contribution in [1.29, 1.82) is 0 Å². The highest BCUT2D eigenvalue weighted by atomic mass is 32.2. The van der Waals surface area contributed by atoms with Crippen molar-refractivity contribution >= 4 is 9.84 Å². The Morgan fingerprint density at radius 1 is 1.38 bits per heavy atom. The van der Waals surface area contributed by atoms with E-state index in [0.29, 0.717) is 10.5 Å². The van der Waals surface area contributed by atoms with Crippen LogP contribution in [0.2, 0.25) is 0 Å². The first-order valence-electron chi connectivity index (χ1n) is 5.19. The van der Waals surface area contributed by atoms with E-state index >= 15 is 0 Å². The van der Waals surface area contributed by atoms with Crippen LogP contribution in [0.5, 0.6) is 0 Å². The van der Waals surface area contributed by atoms with Crippen molar-refractivity contribution in [2.24, 2.45) is 5.73 Å². The number of ether oxygens (including phenoxy) is 1. The molecule has 1 heterocycles. The third-order valence-electron chi connectivity index (χ3n) is 2.76. The molecule has 1 atom stereocenters. The van der Waals surface area contributed by atoms with E-state index in [2.05, 4.69) is 0 Å². The van der Waals surface area contributed by atoms with Gasteiger partial charge >= 0.3 is 0 Å². The summed E-state index contributed by atoms with van der Waals surface area (Å²) < 4.78 is 29.3. The van der Waals surface area contributed by atoms with Gasteiger partial charge in [0.05, 0.1) is 18.1 Å². The zero-order valence-corrected chi connectivity index (χ0v) is 9.91. The van der Waals surface area contributed by atoms with Gasteiger partial charge in [-0.3, -0.25) is 0 Å². The lowest BCUT2D eigenvalue weighted by Crippen LogP contribution is -2.41. The number of hydrogen-bond acceptors (Lipinski definition) is 4. The maximum atomic E-state index is 12.2. The average molecular weight is 241 g/mol. The van der Waals surface area contributed by atoms with Crippen LogP contribution in [-0.4, -0.2) is 26.9 Å². The fraction of sp³-hybridized carbons (Fsp3) is 0.455. The number of hydrogen-bond donors (Lipinski definition) is 1. The number of nitrogens with two attached hydrogens (primary N) is 1. The molecule has 0 aliphatic carbocycles. The van der Waals surface area contributed by atoms with Gasteiger partial charge in [-0.05, 0) is 18.6 Å². The zero-order chi connectivity index (χ0) is 11.8. The lowest BCUT2D eigenvalue weighted by molar-refractivity contribution is 0.0415. The van der Waals surface area contributed by atoms with Crippen LogP contribution >= 0.6 is 0 Å². The molecule has 0 spiro atoms. The predicted molar refractivity (Wildman–Crippen MR) is 60.8 cm³/mol. The fourth-order valence-electron chi connectivity index (χ4n) is 1.69. The molecule has 5 heteroatoms. The Hall–Kier alpha value is -0.910. The number of benzene rings is 1. The van der Waals surface area contributed by atoms with Gasteiger partial charge in [0.15, 0.2) is 9.84 Å². The van der Waals surface area contributed by atoms with E-state index in [-0.39, 0.29) is 19.3 Å². The lowest BCUT2D eigenvalue weighted by atomic mass is 10.1. The molecule has 1 saturated heterocycles. The standard InChI is InChI=1S/C11H15NO3S/c1-8(12)10-4-2-3-5-11(10)16(13,14)9-6-15-7-9/h2-5,8-9H,6-7,12H2,1H3. The van der Waals surface area contributed by atoms with Gasteiger partial charge in [-0.2, -0.15) is 0 Å². The third kappa shape index (κ3) is 1.86. The van der Waals surface area contributed by atoms with E-state index < -0.39 is 15.1 Å². The van der Waals surface area contributed by atoms with Crippen LogP contribution in [0.25, 0.3) is 0 Å². The van der Waals surface area contributed by atoms with Crippen LogP contribution in [-0.2, 0) is 14.6 Å². The van der Waals surface area contributed by atoms with Gasteiger partial charge in [-0.15, -0.1) is 0 Å². The van der Waals surface area contributed by atoms with Gasteiger partial charge in [0.2, 0.25) is 0 Å². The van der Waals surface area contributed by atoms with Crippen LogP contribution in [0.15, 0.2) is 29.2 Å². The summed E-state index contributed by atoms with van der Waals surface area (Å²) >= 11 is 0. The molecule has 1 fully saturated rings. The van der Waals surface area contributed by atoms with Crippen LogP contribution < -0.4 is 5.73 Å². The zero-order valence-electron chi connectivity index (χ0n) is 9.09. The maximum Gasteiger partial charge on any atom is 0.186 e. The monoisotopic (exact) mass is 241 g/mol. The normalized spacial score (nSPS) is 19.1. The van der Waals surface area contributed by atoms with E-state index in [1.165, 1.54) is 0 Å². The Balaban J connectivity index is 2.47. The first-order valence-corrected chi connectivity index (χ1v) is 6.74. The van der Waals surface area contributed by atoms with E-state index in [9.17, 15) is 8.42 Å². The smallest absolute Gasteiger partial charge is 0.186 e. The van der Waals surface area contributed by atoms with Crippen LogP contribution in [0, 0.1) is 0 Å². The van der Waals surface area contributed by atoms with Crippen molar-refractivity contribution < 1.29 is 13.2 Å². The van der Waals surface area contributed by atoms with Crippen molar-refractivity contribution in [2.75, 3.05) is 13.2 Å². The Morgan fingerprint density at radius 2 is 2.00 bits per heavy atom.